The van der Waals surface area contributed by atoms with Crippen LogP contribution < -0.4 is 10.8 Å². The van der Waals surface area contributed by atoms with Crippen LogP contribution in [0.25, 0.3) is 22.3 Å². The summed E-state index contributed by atoms with van der Waals surface area (Å²) in [5, 5.41) is 3.44. The molecule has 2 aromatic carbocycles. The molecule has 24 heavy (non-hydrogen) atoms. The SMILES string of the molecule is [B]c1ccc(Nc2c(-c3cnc[nH]3)cc3[nH]cnc3c2F)c(Cl)c1. The van der Waals surface area contributed by atoms with Gasteiger partial charge in [0.2, 0.25) is 0 Å². The van der Waals surface area contributed by atoms with E-state index in [0.29, 0.717) is 32.9 Å². The molecule has 0 aliphatic carbocycles. The molecular formula is C16H10BClFN5. The van der Waals surface area contributed by atoms with Crippen molar-refractivity contribution in [1.29, 1.82) is 0 Å². The van der Waals surface area contributed by atoms with Crippen molar-refractivity contribution in [1.82, 2.24) is 19.9 Å². The third-order valence-corrected chi connectivity index (χ3v) is 4.01. The van der Waals surface area contributed by atoms with Crippen molar-refractivity contribution < 1.29 is 4.39 Å². The number of hydrogen-bond acceptors (Lipinski definition) is 3. The summed E-state index contributed by atoms with van der Waals surface area (Å²) < 4.78 is 15.0. The third-order valence-electron chi connectivity index (χ3n) is 3.70. The molecule has 0 aliphatic heterocycles. The summed E-state index contributed by atoms with van der Waals surface area (Å²) in [6.45, 7) is 0. The Kier molecular flexibility index (Phi) is 3.50. The summed E-state index contributed by atoms with van der Waals surface area (Å²) in [5.74, 6) is -0.480. The number of nitrogens with zero attached hydrogens (tertiary/aromatic N) is 2. The molecule has 0 fully saturated rings. The normalized spacial score (nSPS) is 11.1. The highest BCUT2D eigenvalue weighted by Gasteiger charge is 2.18. The summed E-state index contributed by atoms with van der Waals surface area (Å²) >= 11 is 6.20. The minimum Gasteiger partial charge on any atom is -0.351 e. The maximum Gasteiger partial charge on any atom is 0.175 e. The smallest absolute Gasteiger partial charge is 0.175 e. The Morgan fingerprint density at radius 3 is 2.79 bits per heavy atom. The van der Waals surface area contributed by atoms with Crippen molar-refractivity contribution in [2.45, 2.75) is 0 Å². The summed E-state index contributed by atoms with van der Waals surface area (Å²) in [7, 11) is 5.70. The lowest BCUT2D eigenvalue weighted by molar-refractivity contribution is 0.641. The van der Waals surface area contributed by atoms with Crippen LogP contribution in [0.3, 0.4) is 0 Å². The highest BCUT2D eigenvalue weighted by molar-refractivity contribution is 6.37. The average Bonchev–Trinajstić information content (AvgIpc) is 3.23. The van der Waals surface area contributed by atoms with E-state index in [1.54, 1.807) is 30.5 Å². The first-order valence-corrected chi connectivity index (χ1v) is 7.47. The molecule has 0 spiro atoms. The number of fused-ring (bicyclic) bond motifs is 1. The molecule has 2 heterocycles. The van der Waals surface area contributed by atoms with E-state index in [2.05, 4.69) is 25.3 Å². The Hall–Kier alpha value is -2.80. The predicted octanol–water partition coefficient (Wildman–Crippen LogP) is 3.28. The molecule has 0 amide bonds. The molecular weight excluding hydrogens is 327 g/mol. The fourth-order valence-electron chi connectivity index (χ4n) is 2.55. The molecule has 4 rings (SSSR count). The Morgan fingerprint density at radius 2 is 2.04 bits per heavy atom. The van der Waals surface area contributed by atoms with Gasteiger partial charge >= 0.3 is 0 Å². The van der Waals surface area contributed by atoms with Gasteiger partial charge in [-0.15, -0.1) is 0 Å². The van der Waals surface area contributed by atoms with E-state index in [4.69, 9.17) is 19.4 Å². The summed E-state index contributed by atoms with van der Waals surface area (Å²) in [6.07, 6.45) is 4.60. The molecule has 0 saturated heterocycles. The molecule has 0 atom stereocenters. The van der Waals surface area contributed by atoms with E-state index in [-0.39, 0.29) is 11.2 Å². The molecule has 3 N–H and O–H groups in total. The topological polar surface area (TPSA) is 69.4 Å². The van der Waals surface area contributed by atoms with Crippen LogP contribution in [-0.4, -0.2) is 27.8 Å². The van der Waals surface area contributed by atoms with E-state index in [0.717, 1.165) is 0 Å². The van der Waals surface area contributed by atoms with Gasteiger partial charge in [-0.3, -0.25) is 0 Å². The molecule has 0 saturated carbocycles. The standard InChI is InChI=1S/C16H10BClFN5/c17-8-1-2-11(10(18)3-8)24-15-9(13-5-20-6-21-13)4-12-16(14(15)19)23-7-22-12/h1-7,24H,(H,20,21)(H,22,23). The molecule has 8 heteroatoms. The Balaban J connectivity index is 1.92. The van der Waals surface area contributed by atoms with E-state index in [1.165, 1.54) is 12.7 Å². The van der Waals surface area contributed by atoms with Crippen LogP contribution >= 0.6 is 11.6 Å². The van der Waals surface area contributed by atoms with Gasteiger partial charge in [-0.2, -0.15) is 0 Å². The van der Waals surface area contributed by atoms with Gasteiger partial charge in [0.1, 0.15) is 13.4 Å². The van der Waals surface area contributed by atoms with Gasteiger partial charge in [-0.1, -0.05) is 23.1 Å². The number of halogens is 2. The third kappa shape index (κ3) is 2.43. The summed E-state index contributed by atoms with van der Waals surface area (Å²) in [5.41, 5.74) is 3.43. The van der Waals surface area contributed by atoms with Crippen molar-refractivity contribution in [3.63, 3.8) is 0 Å². The second kappa shape index (κ2) is 5.69. The van der Waals surface area contributed by atoms with Crippen LogP contribution in [0.2, 0.25) is 5.02 Å². The van der Waals surface area contributed by atoms with E-state index in [9.17, 15) is 0 Å². The van der Waals surface area contributed by atoms with Crippen molar-refractivity contribution >= 4 is 47.3 Å². The second-order valence-electron chi connectivity index (χ2n) is 5.24. The number of hydrogen-bond donors (Lipinski definition) is 3. The van der Waals surface area contributed by atoms with Gasteiger partial charge < -0.3 is 15.3 Å². The summed E-state index contributed by atoms with van der Waals surface area (Å²) in [6, 6.07) is 6.79. The lowest BCUT2D eigenvalue weighted by atomic mass is 9.96. The Bertz CT molecular complexity index is 1030. The monoisotopic (exact) mass is 337 g/mol. The average molecular weight is 338 g/mol. The fourth-order valence-corrected chi connectivity index (χ4v) is 2.78. The number of rotatable bonds is 3. The predicted molar refractivity (Wildman–Crippen MR) is 93.8 cm³/mol. The molecule has 2 radical (unpaired) electrons. The molecule has 2 aromatic heterocycles. The first-order valence-electron chi connectivity index (χ1n) is 7.10. The Morgan fingerprint density at radius 1 is 1.17 bits per heavy atom. The number of aromatic nitrogens is 4. The van der Waals surface area contributed by atoms with Crippen LogP contribution in [0, 0.1) is 5.82 Å². The van der Waals surface area contributed by atoms with Gasteiger partial charge in [0.05, 0.1) is 46.5 Å². The van der Waals surface area contributed by atoms with Crippen LogP contribution in [-0.2, 0) is 0 Å². The first-order chi connectivity index (χ1) is 11.6. The molecule has 5 nitrogen and oxygen atoms in total. The van der Waals surface area contributed by atoms with Crippen molar-refractivity contribution in [2.24, 2.45) is 0 Å². The second-order valence-corrected chi connectivity index (χ2v) is 5.65. The minimum atomic E-state index is -0.480. The van der Waals surface area contributed by atoms with E-state index in [1.807, 2.05) is 0 Å². The lowest BCUT2D eigenvalue weighted by Crippen LogP contribution is -2.04. The molecule has 0 aliphatic rings. The summed E-state index contributed by atoms with van der Waals surface area (Å²) in [4.78, 5) is 13.9. The zero-order valence-electron chi connectivity index (χ0n) is 12.3. The van der Waals surface area contributed by atoms with Crippen molar-refractivity contribution in [3.05, 3.63) is 54.0 Å². The van der Waals surface area contributed by atoms with Gasteiger partial charge in [-0.05, 0) is 18.2 Å². The highest BCUT2D eigenvalue weighted by Crippen LogP contribution is 2.36. The van der Waals surface area contributed by atoms with Gasteiger partial charge in [-0.25, -0.2) is 14.4 Å². The highest BCUT2D eigenvalue weighted by atomic mass is 35.5. The Labute approximate surface area is 142 Å². The van der Waals surface area contributed by atoms with E-state index < -0.39 is 5.82 Å². The first kappa shape index (κ1) is 14.8. The zero-order chi connectivity index (χ0) is 16.7. The van der Waals surface area contributed by atoms with Gasteiger partial charge in [0.15, 0.2) is 5.82 Å². The zero-order valence-corrected chi connectivity index (χ0v) is 13.0. The van der Waals surface area contributed by atoms with Crippen LogP contribution in [0.4, 0.5) is 15.8 Å². The van der Waals surface area contributed by atoms with Crippen LogP contribution in [0.15, 0.2) is 43.1 Å². The van der Waals surface area contributed by atoms with Crippen molar-refractivity contribution in [3.8, 4) is 11.3 Å². The van der Waals surface area contributed by atoms with Gasteiger partial charge in [0, 0.05) is 5.56 Å². The van der Waals surface area contributed by atoms with Crippen molar-refractivity contribution in [2.75, 3.05) is 5.32 Å². The number of anilines is 2. The number of nitrogens with one attached hydrogen (secondary N) is 3. The molecule has 4 aromatic rings. The number of aromatic amines is 2. The molecule has 0 unspecified atom stereocenters. The fraction of sp³-hybridized carbons (Fsp3) is 0. The maximum atomic E-state index is 15.0. The van der Waals surface area contributed by atoms with Crippen LogP contribution in [0.5, 0.6) is 0 Å². The maximum absolute atomic E-state index is 15.0. The largest absolute Gasteiger partial charge is 0.351 e. The number of H-pyrrole nitrogens is 2. The lowest BCUT2D eigenvalue weighted by Gasteiger charge is -2.14. The van der Waals surface area contributed by atoms with E-state index >= 15 is 4.39 Å². The quantitative estimate of drug-likeness (QED) is 0.503. The van der Waals surface area contributed by atoms with Crippen LogP contribution in [0.1, 0.15) is 0 Å². The van der Waals surface area contributed by atoms with Gasteiger partial charge in [0.25, 0.3) is 0 Å². The number of imidazole rings is 2. The molecule has 0 bridgehead atoms. The number of benzene rings is 2. The minimum absolute atomic E-state index is 0.243. The molecule has 116 valence electrons.